The maximum Gasteiger partial charge on any atom is 0.264 e. The minimum Gasteiger partial charge on any atom is -0.385 e. The van der Waals surface area contributed by atoms with E-state index in [-0.39, 0.29) is 10.8 Å². The van der Waals surface area contributed by atoms with Crippen molar-refractivity contribution in [3.8, 4) is 0 Å². The minimum absolute atomic E-state index is 0.147. The molecule has 33 heavy (non-hydrogen) atoms. The highest BCUT2D eigenvalue weighted by molar-refractivity contribution is 7.93. The number of aromatic nitrogens is 1. The second kappa shape index (κ2) is 10.1. The fourth-order valence-electron chi connectivity index (χ4n) is 3.86. The van der Waals surface area contributed by atoms with Crippen LogP contribution in [-0.4, -0.2) is 20.1 Å². The molecule has 4 aromatic rings. The van der Waals surface area contributed by atoms with E-state index < -0.39 is 10.0 Å². The van der Waals surface area contributed by atoms with Gasteiger partial charge in [-0.05, 0) is 50.8 Å². The van der Waals surface area contributed by atoms with Gasteiger partial charge in [-0.2, -0.15) is 0 Å². The van der Waals surface area contributed by atoms with Crippen molar-refractivity contribution in [1.29, 1.82) is 0 Å². The number of hydrogen-bond acceptors (Lipinski definition) is 5. The van der Waals surface area contributed by atoms with Crippen molar-refractivity contribution >= 4 is 32.4 Å². The Morgan fingerprint density at radius 1 is 0.848 bits per heavy atom. The second-order valence-corrected chi connectivity index (χ2v) is 9.86. The maximum absolute atomic E-state index is 13.1. The predicted octanol–water partition coefficient (Wildman–Crippen LogP) is 6.07. The monoisotopic (exact) mass is 463 g/mol. The zero-order valence-corrected chi connectivity index (χ0v) is 19.8. The number of hydrogen-bond donors (Lipinski definition) is 2. The van der Waals surface area contributed by atoms with Gasteiger partial charge in [-0.25, -0.2) is 13.1 Å². The van der Waals surface area contributed by atoms with Gasteiger partial charge in [0.15, 0.2) is 0 Å². The Kier molecular flexibility index (Phi) is 6.99. The molecule has 0 spiro atoms. The molecular formula is C26H29N3O3S. The molecule has 0 saturated heterocycles. The number of nitrogens with zero attached hydrogens (tertiary/aromatic N) is 1. The predicted molar refractivity (Wildman–Crippen MR) is 133 cm³/mol. The van der Waals surface area contributed by atoms with Crippen molar-refractivity contribution in [3.05, 3.63) is 83.6 Å². The van der Waals surface area contributed by atoms with E-state index in [1.54, 1.807) is 26.0 Å². The number of fused-ring (bicyclic) bond motifs is 1. The molecule has 0 atom stereocenters. The number of anilines is 2. The number of rotatable bonds is 10. The van der Waals surface area contributed by atoms with Gasteiger partial charge in [0.2, 0.25) is 5.88 Å². The number of unbranched alkanes of at least 4 members (excludes halogenated alkanes) is 2. The standard InChI is InChI=1S/C26H29N3O3S/c1-19-20(2)28-32-26(19)29-33(30,31)25-17-10-14-22-23(25)15-9-16-24(22)27-18-8-4-7-13-21-11-5-3-6-12-21/h3,5-6,9-12,14-17,27,29H,4,7-8,13,18H2,1-2H3. The van der Waals surface area contributed by atoms with E-state index in [0.29, 0.717) is 16.6 Å². The number of sulfonamides is 1. The van der Waals surface area contributed by atoms with E-state index in [4.69, 9.17) is 4.52 Å². The first kappa shape index (κ1) is 22.9. The number of benzene rings is 3. The van der Waals surface area contributed by atoms with Gasteiger partial charge in [0, 0.05) is 28.6 Å². The Morgan fingerprint density at radius 3 is 2.36 bits per heavy atom. The van der Waals surface area contributed by atoms with Gasteiger partial charge in [0.05, 0.1) is 10.6 Å². The van der Waals surface area contributed by atoms with E-state index in [1.165, 1.54) is 5.56 Å². The van der Waals surface area contributed by atoms with Crippen LogP contribution in [-0.2, 0) is 16.4 Å². The summed E-state index contributed by atoms with van der Waals surface area (Å²) < 4.78 is 33.9. The molecular weight excluding hydrogens is 434 g/mol. The van der Waals surface area contributed by atoms with Gasteiger partial charge >= 0.3 is 0 Å². The van der Waals surface area contributed by atoms with E-state index in [0.717, 1.165) is 43.3 Å². The molecule has 7 heteroatoms. The number of aryl methyl sites for hydroxylation is 2. The first-order chi connectivity index (χ1) is 16.0. The normalized spacial score (nSPS) is 11.6. The zero-order chi connectivity index (χ0) is 23.3. The lowest BCUT2D eigenvalue weighted by Gasteiger charge is -2.13. The summed E-state index contributed by atoms with van der Waals surface area (Å²) in [6.45, 7) is 4.38. The maximum atomic E-state index is 13.1. The smallest absolute Gasteiger partial charge is 0.264 e. The van der Waals surface area contributed by atoms with Crippen LogP contribution in [0.5, 0.6) is 0 Å². The van der Waals surface area contributed by atoms with Crippen molar-refractivity contribution in [2.75, 3.05) is 16.6 Å². The third-order valence-electron chi connectivity index (χ3n) is 5.86. The third-order valence-corrected chi connectivity index (χ3v) is 7.25. The summed E-state index contributed by atoms with van der Waals surface area (Å²) in [5.41, 5.74) is 3.63. The Balaban J connectivity index is 1.43. The molecule has 6 nitrogen and oxygen atoms in total. The fraction of sp³-hybridized carbons (Fsp3) is 0.269. The minimum atomic E-state index is -3.84. The lowest BCUT2D eigenvalue weighted by molar-refractivity contribution is 0.430. The molecule has 1 heterocycles. The lowest BCUT2D eigenvalue weighted by atomic mass is 10.1. The molecule has 0 fully saturated rings. The van der Waals surface area contributed by atoms with Crippen LogP contribution in [0.4, 0.5) is 11.6 Å². The molecule has 3 aromatic carbocycles. The molecule has 0 aliphatic carbocycles. The molecule has 2 N–H and O–H groups in total. The van der Waals surface area contributed by atoms with Crippen molar-refractivity contribution < 1.29 is 12.9 Å². The van der Waals surface area contributed by atoms with Crippen molar-refractivity contribution in [3.63, 3.8) is 0 Å². The van der Waals surface area contributed by atoms with E-state index in [9.17, 15) is 8.42 Å². The van der Waals surface area contributed by atoms with Gasteiger partial charge in [-0.1, -0.05) is 66.2 Å². The van der Waals surface area contributed by atoms with Gasteiger partial charge in [-0.15, -0.1) is 0 Å². The quantitative estimate of drug-likeness (QED) is 0.279. The molecule has 0 unspecified atom stereocenters. The molecule has 0 bridgehead atoms. The van der Waals surface area contributed by atoms with Gasteiger partial charge in [0.1, 0.15) is 0 Å². The van der Waals surface area contributed by atoms with E-state index in [2.05, 4.69) is 39.5 Å². The molecule has 0 aliphatic rings. The van der Waals surface area contributed by atoms with Crippen LogP contribution in [0.3, 0.4) is 0 Å². The first-order valence-corrected chi connectivity index (χ1v) is 12.7. The molecule has 0 aliphatic heterocycles. The SMILES string of the molecule is Cc1noc(NS(=O)(=O)c2cccc3c(NCCCCCc4ccccc4)cccc23)c1C. The molecule has 1 aromatic heterocycles. The van der Waals surface area contributed by atoms with E-state index in [1.807, 2.05) is 30.3 Å². The third kappa shape index (κ3) is 5.37. The molecule has 4 rings (SSSR count). The molecule has 0 amide bonds. The zero-order valence-electron chi connectivity index (χ0n) is 19.0. The highest BCUT2D eigenvalue weighted by Crippen LogP contribution is 2.30. The largest absolute Gasteiger partial charge is 0.385 e. The molecule has 0 saturated carbocycles. The van der Waals surface area contributed by atoms with Gasteiger partial charge in [0.25, 0.3) is 10.0 Å². The van der Waals surface area contributed by atoms with Crippen LogP contribution in [0.2, 0.25) is 0 Å². The van der Waals surface area contributed by atoms with Crippen LogP contribution < -0.4 is 10.0 Å². The summed E-state index contributed by atoms with van der Waals surface area (Å²) in [7, 11) is -3.84. The van der Waals surface area contributed by atoms with Crippen LogP contribution in [0.25, 0.3) is 10.8 Å². The van der Waals surface area contributed by atoms with Crippen LogP contribution in [0.1, 0.15) is 36.1 Å². The highest BCUT2D eigenvalue weighted by atomic mass is 32.2. The van der Waals surface area contributed by atoms with Crippen LogP contribution in [0, 0.1) is 13.8 Å². The summed E-state index contributed by atoms with van der Waals surface area (Å²) >= 11 is 0. The van der Waals surface area contributed by atoms with Crippen molar-refractivity contribution in [2.24, 2.45) is 0 Å². The fourth-order valence-corrected chi connectivity index (χ4v) is 5.13. The Morgan fingerprint density at radius 2 is 1.61 bits per heavy atom. The average Bonchev–Trinajstić information content (AvgIpc) is 3.13. The first-order valence-electron chi connectivity index (χ1n) is 11.2. The summed E-state index contributed by atoms with van der Waals surface area (Å²) in [6, 6.07) is 21.5. The van der Waals surface area contributed by atoms with Crippen molar-refractivity contribution in [1.82, 2.24) is 5.16 Å². The van der Waals surface area contributed by atoms with Crippen LogP contribution >= 0.6 is 0 Å². The lowest BCUT2D eigenvalue weighted by Crippen LogP contribution is -2.14. The Bertz CT molecular complexity index is 1330. The average molecular weight is 464 g/mol. The van der Waals surface area contributed by atoms with E-state index >= 15 is 0 Å². The van der Waals surface area contributed by atoms with Crippen molar-refractivity contribution in [2.45, 2.75) is 44.4 Å². The second-order valence-electron chi connectivity index (χ2n) is 8.21. The van der Waals surface area contributed by atoms with Gasteiger partial charge in [-0.3, -0.25) is 0 Å². The molecule has 172 valence electrons. The Labute approximate surface area is 195 Å². The summed E-state index contributed by atoms with van der Waals surface area (Å²) in [6.07, 6.45) is 4.42. The molecule has 0 radical (unpaired) electrons. The Hall–Kier alpha value is -3.32. The summed E-state index contributed by atoms with van der Waals surface area (Å²) in [5.74, 6) is 0.147. The van der Waals surface area contributed by atoms with Gasteiger partial charge < -0.3 is 9.84 Å². The highest BCUT2D eigenvalue weighted by Gasteiger charge is 2.21. The number of nitrogens with one attached hydrogen (secondary N) is 2. The van der Waals surface area contributed by atoms with Crippen LogP contribution in [0.15, 0.2) is 76.1 Å². The summed E-state index contributed by atoms with van der Waals surface area (Å²) in [4.78, 5) is 0.208. The summed E-state index contributed by atoms with van der Waals surface area (Å²) in [5, 5.41) is 8.84. The topological polar surface area (TPSA) is 84.2 Å².